The van der Waals surface area contributed by atoms with Crippen LogP contribution in [0.1, 0.15) is 26.3 Å². The first-order valence-electron chi connectivity index (χ1n) is 13.4. The smallest absolute Gasteiger partial charge is 0.221 e. The van der Waals surface area contributed by atoms with Crippen LogP contribution >= 0.6 is 0 Å². The minimum absolute atomic E-state index is 0.0160. The number of rotatable bonds is 4. The SMILES string of the molecule is CN1CN(c2ccnc(Oc3ccc4c5ccccc5n(-c5cc(C(C)(C)C)ccn5)c4c3)c2)c2cccnc21. The fraction of sp³-hybridized carbons (Fsp3) is 0.182. The Morgan fingerprint density at radius 2 is 1.57 bits per heavy atom. The summed E-state index contributed by atoms with van der Waals surface area (Å²) in [4.78, 5) is 18.2. The Labute approximate surface area is 233 Å². The number of para-hydroxylation sites is 1. The van der Waals surface area contributed by atoms with Crippen LogP contribution in [-0.4, -0.2) is 33.2 Å². The fourth-order valence-electron chi connectivity index (χ4n) is 5.48. The predicted molar refractivity (Wildman–Crippen MR) is 161 cm³/mol. The van der Waals surface area contributed by atoms with Crippen LogP contribution in [0, 0.1) is 0 Å². The van der Waals surface area contributed by atoms with Crippen LogP contribution in [0.3, 0.4) is 0 Å². The maximum Gasteiger partial charge on any atom is 0.221 e. The molecule has 0 fully saturated rings. The zero-order valence-electron chi connectivity index (χ0n) is 23.0. The van der Waals surface area contributed by atoms with Crippen LogP contribution in [0.2, 0.25) is 0 Å². The highest BCUT2D eigenvalue weighted by atomic mass is 16.5. The van der Waals surface area contributed by atoms with Gasteiger partial charge < -0.3 is 14.5 Å². The lowest BCUT2D eigenvalue weighted by Crippen LogP contribution is -2.24. The van der Waals surface area contributed by atoms with Gasteiger partial charge in [-0.25, -0.2) is 15.0 Å². The van der Waals surface area contributed by atoms with Crippen molar-refractivity contribution in [1.29, 1.82) is 0 Å². The maximum absolute atomic E-state index is 6.37. The second-order valence-electron chi connectivity index (χ2n) is 11.3. The molecule has 0 radical (unpaired) electrons. The van der Waals surface area contributed by atoms with E-state index in [4.69, 9.17) is 9.72 Å². The molecule has 0 bridgehead atoms. The molecule has 2 aromatic carbocycles. The molecule has 198 valence electrons. The lowest BCUT2D eigenvalue weighted by molar-refractivity contribution is 0.463. The van der Waals surface area contributed by atoms with E-state index in [9.17, 15) is 0 Å². The Hall–Kier alpha value is -4.91. The van der Waals surface area contributed by atoms with Gasteiger partial charge in [0.05, 0.1) is 23.4 Å². The molecule has 1 aliphatic heterocycles. The standard InChI is InChI=1S/C33H30N6O/c1-33(2,3)22-13-16-34-30(18-22)39-27-9-6-5-8-25(27)26-12-11-24(20-29(26)39)40-31-19-23(14-17-35-31)38-21-37(4)32-28(38)10-7-15-36-32/h5-20H,21H2,1-4H3. The largest absolute Gasteiger partial charge is 0.439 e. The molecule has 5 heterocycles. The molecule has 7 heteroatoms. The van der Waals surface area contributed by atoms with E-state index >= 15 is 0 Å². The highest BCUT2D eigenvalue weighted by Gasteiger charge is 2.26. The lowest BCUT2D eigenvalue weighted by atomic mass is 9.88. The van der Waals surface area contributed by atoms with E-state index in [1.54, 1.807) is 6.20 Å². The molecule has 7 rings (SSSR count). The Morgan fingerprint density at radius 1 is 0.750 bits per heavy atom. The number of ether oxygens (including phenoxy) is 1. The van der Waals surface area contributed by atoms with Crippen LogP contribution < -0.4 is 14.5 Å². The van der Waals surface area contributed by atoms with E-state index in [1.165, 1.54) is 10.9 Å². The molecule has 0 unspecified atom stereocenters. The van der Waals surface area contributed by atoms with E-state index < -0.39 is 0 Å². The Bertz CT molecular complexity index is 1890. The van der Waals surface area contributed by atoms with Crippen LogP contribution in [0.4, 0.5) is 17.2 Å². The van der Waals surface area contributed by atoms with Gasteiger partial charge in [0.25, 0.3) is 0 Å². The van der Waals surface area contributed by atoms with Crippen molar-refractivity contribution in [3.8, 4) is 17.4 Å². The van der Waals surface area contributed by atoms with Crippen molar-refractivity contribution in [2.45, 2.75) is 26.2 Å². The molecule has 0 saturated carbocycles. The molecule has 0 N–H and O–H groups in total. The predicted octanol–water partition coefficient (Wildman–Crippen LogP) is 7.60. The summed E-state index contributed by atoms with van der Waals surface area (Å²) < 4.78 is 8.59. The normalized spacial score (nSPS) is 13.3. The first-order chi connectivity index (χ1) is 19.4. The van der Waals surface area contributed by atoms with Gasteiger partial charge in [0.1, 0.15) is 11.6 Å². The van der Waals surface area contributed by atoms with Crippen LogP contribution in [0.25, 0.3) is 27.6 Å². The van der Waals surface area contributed by atoms with E-state index in [-0.39, 0.29) is 5.41 Å². The van der Waals surface area contributed by atoms with Gasteiger partial charge in [-0.05, 0) is 59.5 Å². The molecule has 0 saturated heterocycles. The Morgan fingerprint density at radius 3 is 2.45 bits per heavy atom. The molecule has 0 amide bonds. The quantitative estimate of drug-likeness (QED) is 0.236. The van der Waals surface area contributed by atoms with Gasteiger partial charge in [-0.3, -0.25) is 4.57 Å². The van der Waals surface area contributed by atoms with Crippen molar-refractivity contribution >= 4 is 39.0 Å². The number of nitrogens with zero attached hydrogens (tertiary/aromatic N) is 6. The van der Waals surface area contributed by atoms with Gasteiger partial charge in [-0.15, -0.1) is 0 Å². The third kappa shape index (κ3) is 4.02. The summed E-state index contributed by atoms with van der Waals surface area (Å²) >= 11 is 0. The van der Waals surface area contributed by atoms with Gasteiger partial charge in [0.2, 0.25) is 5.88 Å². The molecule has 4 aromatic heterocycles. The lowest BCUT2D eigenvalue weighted by Gasteiger charge is -2.20. The van der Waals surface area contributed by atoms with Crippen molar-refractivity contribution < 1.29 is 4.74 Å². The van der Waals surface area contributed by atoms with Gasteiger partial charge in [0.15, 0.2) is 5.82 Å². The molecule has 40 heavy (non-hydrogen) atoms. The van der Waals surface area contributed by atoms with E-state index in [0.29, 0.717) is 18.3 Å². The molecular weight excluding hydrogens is 496 g/mol. The molecule has 1 aliphatic rings. The highest BCUT2D eigenvalue weighted by molar-refractivity contribution is 6.09. The second kappa shape index (κ2) is 9.09. The number of hydrogen-bond acceptors (Lipinski definition) is 6. The van der Waals surface area contributed by atoms with Crippen molar-refractivity contribution in [1.82, 2.24) is 19.5 Å². The third-order valence-electron chi connectivity index (χ3n) is 7.51. The van der Waals surface area contributed by atoms with Crippen LogP contribution in [0.15, 0.2) is 97.5 Å². The number of hydrogen-bond donors (Lipinski definition) is 0. The molecular formula is C33H30N6O. The minimum Gasteiger partial charge on any atom is -0.439 e. The summed E-state index contributed by atoms with van der Waals surface area (Å²) in [6.07, 6.45) is 5.51. The second-order valence-corrected chi connectivity index (χ2v) is 11.3. The maximum atomic E-state index is 6.37. The van der Waals surface area contributed by atoms with Gasteiger partial charge >= 0.3 is 0 Å². The van der Waals surface area contributed by atoms with E-state index in [2.05, 4.69) is 99.7 Å². The Balaban J connectivity index is 1.29. The molecule has 0 aliphatic carbocycles. The summed E-state index contributed by atoms with van der Waals surface area (Å²) in [5.41, 5.74) is 5.47. The number of benzene rings is 2. The highest BCUT2D eigenvalue weighted by Crippen LogP contribution is 2.39. The Kier molecular flexibility index (Phi) is 5.49. The van der Waals surface area contributed by atoms with Crippen molar-refractivity contribution in [2.75, 3.05) is 23.5 Å². The summed E-state index contributed by atoms with van der Waals surface area (Å²) in [6, 6.07) is 27.0. The van der Waals surface area contributed by atoms with Crippen molar-refractivity contribution in [2.24, 2.45) is 0 Å². The van der Waals surface area contributed by atoms with Crippen molar-refractivity contribution in [3.63, 3.8) is 0 Å². The third-order valence-corrected chi connectivity index (χ3v) is 7.51. The summed E-state index contributed by atoms with van der Waals surface area (Å²) in [5, 5.41) is 2.33. The average molecular weight is 527 g/mol. The minimum atomic E-state index is 0.0160. The molecule has 0 atom stereocenters. The van der Waals surface area contributed by atoms with Crippen molar-refractivity contribution in [3.05, 3.63) is 103 Å². The number of anilines is 3. The first-order valence-corrected chi connectivity index (χ1v) is 13.4. The topological polar surface area (TPSA) is 59.3 Å². The molecule has 0 spiro atoms. The first kappa shape index (κ1) is 24.2. The van der Waals surface area contributed by atoms with Crippen LogP contribution in [-0.2, 0) is 5.41 Å². The number of aromatic nitrogens is 4. The molecule has 7 nitrogen and oxygen atoms in total. The van der Waals surface area contributed by atoms with E-state index in [1.807, 2.05) is 43.7 Å². The summed E-state index contributed by atoms with van der Waals surface area (Å²) in [5.74, 6) is 3.10. The monoisotopic (exact) mass is 526 g/mol. The number of pyridine rings is 3. The van der Waals surface area contributed by atoms with Gasteiger partial charge in [-0.2, -0.15) is 0 Å². The van der Waals surface area contributed by atoms with E-state index in [0.717, 1.165) is 39.4 Å². The molecule has 6 aromatic rings. The zero-order chi connectivity index (χ0) is 27.4. The number of fused-ring (bicyclic) bond motifs is 4. The zero-order valence-corrected chi connectivity index (χ0v) is 23.0. The summed E-state index contributed by atoms with van der Waals surface area (Å²) in [7, 11) is 2.05. The van der Waals surface area contributed by atoms with Crippen LogP contribution in [0.5, 0.6) is 11.6 Å². The van der Waals surface area contributed by atoms with Gasteiger partial charge in [-0.1, -0.05) is 39.0 Å². The summed E-state index contributed by atoms with van der Waals surface area (Å²) in [6.45, 7) is 7.38. The average Bonchev–Trinajstić information content (AvgIpc) is 3.47. The fourth-order valence-corrected chi connectivity index (χ4v) is 5.48. The van der Waals surface area contributed by atoms with Gasteiger partial charge in [0, 0.05) is 54.2 Å².